The molecule has 0 radical (unpaired) electrons. The summed E-state index contributed by atoms with van der Waals surface area (Å²) >= 11 is 0. The number of hydrogen-bond donors (Lipinski definition) is 2. The van der Waals surface area contributed by atoms with E-state index in [-0.39, 0.29) is 30.5 Å². The Hall–Kier alpha value is -3.91. The molecule has 11 heteroatoms. The van der Waals surface area contributed by atoms with Crippen LogP contribution in [0.2, 0.25) is 0 Å². The molecule has 2 aliphatic heterocycles. The molecular formula is C28H34FN7O3. The molecule has 206 valence electrons. The maximum absolute atomic E-state index is 15.6. The Bertz CT molecular complexity index is 1300. The van der Waals surface area contributed by atoms with Gasteiger partial charge in [0.25, 0.3) is 17.5 Å². The first-order valence-electron chi connectivity index (χ1n) is 13.3. The fourth-order valence-electron chi connectivity index (χ4n) is 5.21. The van der Waals surface area contributed by atoms with Crippen LogP contribution < -0.4 is 25.2 Å². The predicted octanol–water partition coefficient (Wildman–Crippen LogP) is 2.73. The van der Waals surface area contributed by atoms with E-state index < -0.39 is 11.6 Å². The number of rotatable bonds is 6. The molecule has 1 saturated carbocycles. The lowest BCUT2D eigenvalue weighted by atomic mass is 9.90. The molecule has 2 fully saturated rings. The number of alkyl halides is 1. The summed E-state index contributed by atoms with van der Waals surface area (Å²) in [4.78, 5) is 40.1. The number of carbonyl (C=O) groups excluding carboxylic acids is 2. The van der Waals surface area contributed by atoms with E-state index in [1.54, 1.807) is 23.1 Å². The van der Waals surface area contributed by atoms with Crippen LogP contribution >= 0.6 is 0 Å². The van der Waals surface area contributed by atoms with Crippen LogP contribution in [0.25, 0.3) is 0 Å². The molecular weight excluding hydrogens is 501 g/mol. The van der Waals surface area contributed by atoms with E-state index in [4.69, 9.17) is 11.2 Å². The number of ether oxygens (including phenoxy) is 1. The normalized spacial score (nSPS) is 22.4. The zero-order chi connectivity index (χ0) is 27.7. The van der Waals surface area contributed by atoms with Gasteiger partial charge in [0.2, 0.25) is 5.95 Å². The average molecular weight is 536 g/mol. The van der Waals surface area contributed by atoms with Crippen LogP contribution in [0.5, 0.6) is 5.75 Å². The fraction of sp³-hybridized carbons (Fsp3) is 0.500. The van der Waals surface area contributed by atoms with E-state index in [1.807, 2.05) is 0 Å². The molecule has 2 amide bonds. The molecule has 2 N–H and O–H groups in total. The second-order valence-electron chi connectivity index (χ2n) is 10.5. The summed E-state index contributed by atoms with van der Waals surface area (Å²) in [6.07, 6.45) is 11.5. The first-order chi connectivity index (χ1) is 18.7. The van der Waals surface area contributed by atoms with Gasteiger partial charge in [0, 0.05) is 24.7 Å². The van der Waals surface area contributed by atoms with Crippen LogP contribution in [0.3, 0.4) is 0 Å². The van der Waals surface area contributed by atoms with Crippen molar-refractivity contribution in [1.29, 1.82) is 0 Å². The molecule has 39 heavy (non-hydrogen) atoms. The Morgan fingerprint density at radius 1 is 1.23 bits per heavy atom. The number of piperidine rings is 1. The molecule has 1 atom stereocenters. The van der Waals surface area contributed by atoms with Crippen LogP contribution in [0.15, 0.2) is 24.4 Å². The highest BCUT2D eigenvalue weighted by Gasteiger charge is 2.47. The van der Waals surface area contributed by atoms with Gasteiger partial charge in [-0.1, -0.05) is 5.92 Å². The summed E-state index contributed by atoms with van der Waals surface area (Å²) in [6.45, 7) is 1.63. The minimum Gasteiger partial charge on any atom is -0.495 e. The van der Waals surface area contributed by atoms with Crippen molar-refractivity contribution in [3.05, 3.63) is 30.0 Å². The molecule has 0 spiro atoms. The van der Waals surface area contributed by atoms with E-state index in [0.29, 0.717) is 28.5 Å². The lowest BCUT2D eigenvalue weighted by Crippen LogP contribution is -2.52. The number of amides is 2. The second-order valence-corrected chi connectivity index (χ2v) is 10.5. The van der Waals surface area contributed by atoms with Gasteiger partial charge in [0.1, 0.15) is 11.4 Å². The van der Waals surface area contributed by atoms with Crippen molar-refractivity contribution in [3.63, 3.8) is 0 Å². The standard InChI is InChI=1S/C28H34FN7O3/c1-5-28(29)17-36(20-7-6-8-20)24-22(35(3)26(28)38)16-30-27(33-24)32-21-10-9-18(15-23(21)39-4)25(37)31-19-11-13-34(2)14-12-19/h1,9-10,15-16,19-20H,6-8,11-14,17H2,2-4H3,(H,31,37)(H,30,32,33). The molecule has 5 rings (SSSR count). The molecule has 1 unspecified atom stereocenters. The predicted molar refractivity (Wildman–Crippen MR) is 147 cm³/mol. The smallest absolute Gasteiger partial charge is 0.279 e. The number of nitrogens with one attached hydrogen (secondary N) is 2. The Morgan fingerprint density at radius 3 is 2.62 bits per heavy atom. The minimum absolute atomic E-state index is 0.0335. The highest BCUT2D eigenvalue weighted by atomic mass is 19.1. The minimum atomic E-state index is -2.47. The van der Waals surface area contributed by atoms with Crippen LogP contribution in [0, 0.1) is 12.3 Å². The molecule has 3 heterocycles. The topological polar surface area (TPSA) is 103 Å². The SMILES string of the molecule is C#CC1(F)CN(C2CCC2)c2nc(Nc3ccc(C(=O)NC4CCN(C)CC4)cc3OC)ncc2N(C)C1=O. The highest BCUT2D eigenvalue weighted by molar-refractivity contribution is 6.05. The molecule has 1 aliphatic carbocycles. The van der Waals surface area contributed by atoms with Crippen molar-refractivity contribution in [1.82, 2.24) is 20.2 Å². The summed E-state index contributed by atoms with van der Waals surface area (Å²) in [6, 6.07) is 5.31. The second kappa shape index (κ2) is 10.7. The Balaban J connectivity index is 1.39. The number of likely N-dealkylation sites (tertiary alicyclic amines) is 1. The number of aromatic nitrogens is 2. The van der Waals surface area contributed by atoms with Gasteiger partial charge in [-0.25, -0.2) is 9.37 Å². The van der Waals surface area contributed by atoms with Crippen molar-refractivity contribution in [2.45, 2.75) is 49.9 Å². The Labute approximate surface area is 227 Å². The first-order valence-corrected chi connectivity index (χ1v) is 13.3. The maximum atomic E-state index is 15.6. The zero-order valence-corrected chi connectivity index (χ0v) is 22.5. The quantitative estimate of drug-likeness (QED) is 0.545. The first kappa shape index (κ1) is 26.7. The monoisotopic (exact) mass is 535 g/mol. The van der Waals surface area contributed by atoms with E-state index in [0.717, 1.165) is 45.2 Å². The third-order valence-corrected chi connectivity index (χ3v) is 7.92. The van der Waals surface area contributed by atoms with Gasteiger partial charge in [-0.05, 0) is 70.4 Å². The van der Waals surface area contributed by atoms with Gasteiger partial charge in [-0.3, -0.25) is 9.59 Å². The molecule has 0 bridgehead atoms. The fourth-order valence-corrected chi connectivity index (χ4v) is 5.21. The van der Waals surface area contributed by atoms with E-state index >= 15 is 4.39 Å². The molecule has 1 aromatic carbocycles. The summed E-state index contributed by atoms with van der Waals surface area (Å²) in [5.41, 5.74) is -1.03. The molecule has 10 nitrogen and oxygen atoms in total. The molecule has 2 aromatic rings. The van der Waals surface area contributed by atoms with Gasteiger partial charge in [-0.2, -0.15) is 4.98 Å². The van der Waals surface area contributed by atoms with E-state index in [9.17, 15) is 9.59 Å². The molecule has 3 aliphatic rings. The number of methoxy groups -OCH3 is 1. The van der Waals surface area contributed by atoms with Gasteiger partial charge < -0.3 is 30.1 Å². The van der Waals surface area contributed by atoms with Crippen molar-refractivity contribution in [2.75, 3.05) is 56.0 Å². The number of terminal acetylenes is 1. The largest absolute Gasteiger partial charge is 0.495 e. The number of hydrogen-bond acceptors (Lipinski definition) is 8. The van der Waals surface area contributed by atoms with Crippen molar-refractivity contribution < 1.29 is 18.7 Å². The highest BCUT2D eigenvalue weighted by Crippen LogP contribution is 2.40. The zero-order valence-electron chi connectivity index (χ0n) is 22.5. The van der Waals surface area contributed by atoms with Crippen LogP contribution in [0.4, 0.5) is 27.5 Å². The number of nitrogens with zero attached hydrogens (tertiary/aromatic N) is 5. The van der Waals surface area contributed by atoms with Gasteiger partial charge in [0.05, 0.1) is 25.5 Å². The summed E-state index contributed by atoms with van der Waals surface area (Å²) in [5, 5.41) is 6.27. The third kappa shape index (κ3) is 5.21. The summed E-state index contributed by atoms with van der Waals surface area (Å²) in [7, 11) is 5.08. The lowest BCUT2D eigenvalue weighted by molar-refractivity contribution is -0.125. The van der Waals surface area contributed by atoms with Gasteiger partial charge in [-0.15, -0.1) is 6.42 Å². The van der Waals surface area contributed by atoms with E-state index in [2.05, 4.69) is 38.5 Å². The van der Waals surface area contributed by atoms with Crippen LogP contribution in [-0.2, 0) is 4.79 Å². The summed E-state index contributed by atoms with van der Waals surface area (Å²) in [5.74, 6) is 2.23. The van der Waals surface area contributed by atoms with Crippen molar-refractivity contribution in [2.24, 2.45) is 0 Å². The Morgan fingerprint density at radius 2 is 1.97 bits per heavy atom. The van der Waals surface area contributed by atoms with Crippen molar-refractivity contribution >= 4 is 35.0 Å². The number of carbonyl (C=O) groups is 2. The third-order valence-electron chi connectivity index (χ3n) is 7.92. The number of halogens is 1. The van der Waals surface area contributed by atoms with E-state index in [1.165, 1.54) is 25.3 Å². The lowest BCUT2D eigenvalue weighted by Gasteiger charge is -2.39. The molecule has 1 saturated heterocycles. The van der Waals surface area contributed by atoms with Gasteiger partial charge in [0.15, 0.2) is 5.82 Å². The number of benzene rings is 1. The number of fused-ring (bicyclic) bond motifs is 1. The number of anilines is 4. The Kier molecular flexibility index (Phi) is 7.32. The van der Waals surface area contributed by atoms with Gasteiger partial charge >= 0.3 is 0 Å². The maximum Gasteiger partial charge on any atom is 0.279 e. The average Bonchev–Trinajstić information content (AvgIpc) is 2.99. The van der Waals surface area contributed by atoms with Crippen LogP contribution in [0.1, 0.15) is 42.5 Å². The van der Waals surface area contributed by atoms with Crippen molar-refractivity contribution in [3.8, 4) is 18.1 Å². The summed E-state index contributed by atoms with van der Waals surface area (Å²) < 4.78 is 21.1. The van der Waals surface area contributed by atoms with Crippen LogP contribution in [-0.4, -0.2) is 85.3 Å². The molecule has 1 aromatic heterocycles.